The van der Waals surface area contributed by atoms with E-state index in [4.69, 9.17) is 4.74 Å². The van der Waals surface area contributed by atoms with Crippen molar-refractivity contribution >= 4 is 5.97 Å². The molecule has 0 aromatic heterocycles. The van der Waals surface area contributed by atoms with Gasteiger partial charge >= 0.3 is 11.9 Å². The van der Waals surface area contributed by atoms with Crippen LogP contribution in [-0.2, 0) is 14.3 Å². The van der Waals surface area contributed by atoms with E-state index in [9.17, 15) is 15.0 Å². The van der Waals surface area contributed by atoms with Gasteiger partial charge in [0, 0.05) is 31.1 Å². The molecule has 30 heavy (non-hydrogen) atoms. The summed E-state index contributed by atoms with van der Waals surface area (Å²) in [6.45, 7) is 7.17. The van der Waals surface area contributed by atoms with E-state index in [1.165, 1.54) is 19.3 Å². The maximum Gasteiger partial charge on any atom is 0.310 e. The first kappa shape index (κ1) is 24.4. The van der Waals surface area contributed by atoms with Crippen LogP contribution < -0.4 is 0 Å². The van der Waals surface area contributed by atoms with Crippen LogP contribution in [0.4, 0.5) is 8.78 Å². The molecule has 168 valence electrons. The highest BCUT2D eigenvalue weighted by atomic mass is 19.3. The number of aliphatic hydroxyl groups is 2. The molecule has 1 unspecified atom stereocenters. The van der Waals surface area contributed by atoms with Gasteiger partial charge in [0.15, 0.2) is 5.76 Å². The van der Waals surface area contributed by atoms with E-state index in [1.54, 1.807) is 6.92 Å². The summed E-state index contributed by atoms with van der Waals surface area (Å²) in [5, 5.41) is 20.9. The Morgan fingerprint density at radius 1 is 1.50 bits per heavy atom. The van der Waals surface area contributed by atoms with Crippen LogP contribution in [-0.4, -0.2) is 47.5 Å². The third kappa shape index (κ3) is 5.04. The van der Waals surface area contributed by atoms with Crippen LogP contribution in [0.1, 0.15) is 46.0 Å². The minimum Gasteiger partial charge on any atom is -0.488 e. The summed E-state index contributed by atoms with van der Waals surface area (Å²) in [5.41, 5.74) is 0. The van der Waals surface area contributed by atoms with Gasteiger partial charge in [-0.25, -0.2) is 0 Å². The van der Waals surface area contributed by atoms with Gasteiger partial charge in [0.2, 0.25) is 0 Å². The molecule has 2 fully saturated rings. The summed E-state index contributed by atoms with van der Waals surface area (Å²) in [5.74, 6) is -1.27. The highest BCUT2D eigenvalue weighted by molar-refractivity contribution is 5.69. The van der Waals surface area contributed by atoms with E-state index < -0.39 is 53.7 Å². The summed E-state index contributed by atoms with van der Waals surface area (Å²) in [6, 6.07) is 0. The Morgan fingerprint density at radius 3 is 2.80 bits per heavy atom. The fraction of sp³-hybridized carbons (Fsp3) is 0.696. The van der Waals surface area contributed by atoms with Crippen LogP contribution in [0.25, 0.3) is 0 Å². The first-order chi connectivity index (χ1) is 14.2. The SMILES string of the molecule is C=C[C@H](O)C(C)[C@@H](C#CCC)[C@@H]1[C@@H]2[C@H](C[C@H]1O)OC(=CCCCC(=O)OC)C2(F)F. The third-order valence-electron chi connectivity index (χ3n) is 6.11. The molecule has 0 bridgehead atoms. The number of carbonyl (C=O) groups excluding carboxylic acids is 1. The molecule has 7 heteroatoms. The predicted octanol–water partition coefficient (Wildman–Crippen LogP) is 3.46. The van der Waals surface area contributed by atoms with Gasteiger partial charge in [-0.2, -0.15) is 8.78 Å². The lowest BCUT2D eigenvalue weighted by molar-refractivity contribution is -0.140. The number of rotatable bonds is 8. The molecular weight excluding hydrogens is 394 g/mol. The number of aliphatic hydroxyl groups excluding tert-OH is 2. The van der Waals surface area contributed by atoms with Gasteiger partial charge < -0.3 is 19.7 Å². The summed E-state index contributed by atoms with van der Waals surface area (Å²) in [6.07, 6.45) is 1.38. The van der Waals surface area contributed by atoms with Crippen molar-refractivity contribution in [3.8, 4) is 11.8 Å². The predicted molar refractivity (Wildman–Crippen MR) is 108 cm³/mol. The molecule has 0 radical (unpaired) electrons. The van der Waals surface area contributed by atoms with E-state index in [2.05, 4.69) is 23.2 Å². The zero-order valence-electron chi connectivity index (χ0n) is 17.8. The molecule has 0 aromatic rings. The number of fused-ring (bicyclic) bond motifs is 1. The maximum absolute atomic E-state index is 15.3. The molecule has 0 spiro atoms. The van der Waals surface area contributed by atoms with Crippen LogP contribution in [0.2, 0.25) is 0 Å². The number of hydrogen-bond acceptors (Lipinski definition) is 5. The van der Waals surface area contributed by atoms with E-state index in [0.717, 1.165) is 0 Å². The highest BCUT2D eigenvalue weighted by Crippen LogP contribution is 2.56. The van der Waals surface area contributed by atoms with Gasteiger partial charge in [0.1, 0.15) is 6.10 Å². The number of methoxy groups -OCH3 is 1. The fourth-order valence-corrected chi connectivity index (χ4v) is 4.49. The topological polar surface area (TPSA) is 76.0 Å². The summed E-state index contributed by atoms with van der Waals surface area (Å²) >= 11 is 0. The number of esters is 1. The molecule has 1 aliphatic heterocycles. The smallest absolute Gasteiger partial charge is 0.310 e. The van der Waals surface area contributed by atoms with Crippen molar-refractivity contribution in [1.82, 2.24) is 0 Å². The molecule has 1 aliphatic carbocycles. The van der Waals surface area contributed by atoms with E-state index in [1.807, 2.05) is 6.92 Å². The van der Waals surface area contributed by atoms with Gasteiger partial charge in [0.05, 0.1) is 25.2 Å². The Labute approximate surface area is 177 Å². The Hall–Kier alpha value is -1.91. The van der Waals surface area contributed by atoms with Crippen molar-refractivity contribution in [2.24, 2.45) is 23.7 Å². The van der Waals surface area contributed by atoms with E-state index in [-0.39, 0.29) is 25.2 Å². The first-order valence-electron chi connectivity index (χ1n) is 10.5. The summed E-state index contributed by atoms with van der Waals surface area (Å²) < 4.78 is 40.8. The summed E-state index contributed by atoms with van der Waals surface area (Å²) in [7, 11) is 1.28. The van der Waals surface area contributed by atoms with Gasteiger partial charge in [-0.3, -0.25) is 4.79 Å². The Morgan fingerprint density at radius 2 is 2.20 bits per heavy atom. The number of hydrogen-bond donors (Lipinski definition) is 2. The van der Waals surface area contributed by atoms with Crippen LogP contribution in [0.3, 0.4) is 0 Å². The van der Waals surface area contributed by atoms with Gasteiger partial charge in [0.25, 0.3) is 0 Å². The number of ether oxygens (including phenoxy) is 2. The molecular formula is C23H32F2O5. The second-order valence-corrected chi connectivity index (χ2v) is 8.01. The normalized spacial score (nSPS) is 31.1. The molecule has 2 N–H and O–H groups in total. The standard InChI is InChI=1S/C23H32F2O5/c1-5-7-10-15(14(3)16(26)6-2)21-17(27)13-18-22(21)23(24,25)19(30-18)11-8-9-12-20(28)29-4/h6,11,14-18,21-22,26-27H,2,5,8-9,12-13H2,1,3-4H3/t14?,15-,16+,17-,18+,21+,22+/m1/s1. The monoisotopic (exact) mass is 426 g/mol. The number of alkyl halides is 2. The second-order valence-electron chi connectivity index (χ2n) is 8.01. The van der Waals surface area contributed by atoms with Crippen molar-refractivity contribution < 1.29 is 33.3 Å². The largest absolute Gasteiger partial charge is 0.488 e. The number of unbranched alkanes of at least 4 members (excludes halogenated alkanes) is 1. The van der Waals surface area contributed by atoms with Crippen LogP contribution in [0.15, 0.2) is 24.5 Å². The Kier molecular flexibility index (Phi) is 8.45. The van der Waals surface area contributed by atoms with Gasteiger partial charge in [-0.1, -0.05) is 25.8 Å². The van der Waals surface area contributed by atoms with Crippen molar-refractivity contribution in [3.05, 3.63) is 24.5 Å². The number of carbonyl (C=O) groups is 1. The average Bonchev–Trinajstić information content (AvgIpc) is 3.17. The first-order valence-corrected chi connectivity index (χ1v) is 10.5. The summed E-state index contributed by atoms with van der Waals surface area (Å²) in [4.78, 5) is 11.2. The highest BCUT2D eigenvalue weighted by Gasteiger charge is 2.65. The quantitative estimate of drug-likeness (QED) is 0.269. The van der Waals surface area contributed by atoms with Gasteiger partial charge in [-0.05, 0) is 24.8 Å². The lowest BCUT2D eigenvalue weighted by atomic mass is 9.72. The maximum atomic E-state index is 15.3. The fourth-order valence-electron chi connectivity index (χ4n) is 4.49. The average molecular weight is 427 g/mol. The molecule has 1 heterocycles. The van der Waals surface area contributed by atoms with Crippen molar-refractivity contribution in [3.63, 3.8) is 0 Å². The van der Waals surface area contributed by atoms with Crippen LogP contribution >= 0.6 is 0 Å². The Balaban J connectivity index is 2.26. The lowest BCUT2D eigenvalue weighted by Crippen LogP contribution is -2.41. The molecule has 0 aromatic carbocycles. The van der Waals surface area contributed by atoms with Crippen LogP contribution in [0, 0.1) is 35.5 Å². The van der Waals surface area contributed by atoms with E-state index >= 15 is 8.78 Å². The molecule has 2 aliphatic rings. The minimum absolute atomic E-state index is 0.0889. The molecule has 7 atom stereocenters. The zero-order chi connectivity index (χ0) is 22.5. The lowest BCUT2D eigenvalue weighted by Gasteiger charge is -2.34. The zero-order valence-corrected chi connectivity index (χ0v) is 17.8. The molecule has 5 nitrogen and oxygen atoms in total. The Bertz CT molecular complexity index is 708. The van der Waals surface area contributed by atoms with Crippen molar-refractivity contribution in [1.29, 1.82) is 0 Å². The van der Waals surface area contributed by atoms with Crippen LogP contribution in [0.5, 0.6) is 0 Å². The number of halogens is 2. The molecule has 1 saturated carbocycles. The number of allylic oxidation sites excluding steroid dienone is 2. The minimum atomic E-state index is -3.26. The molecule has 1 saturated heterocycles. The van der Waals surface area contributed by atoms with Gasteiger partial charge in [-0.15, -0.1) is 12.5 Å². The van der Waals surface area contributed by atoms with E-state index in [0.29, 0.717) is 12.8 Å². The van der Waals surface area contributed by atoms with Crippen molar-refractivity contribution in [2.45, 2.75) is 70.2 Å². The third-order valence-corrected chi connectivity index (χ3v) is 6.11. The molecule has 2 rings (SSSR count). The molecule has 0 amide bonds. The second kappa shape index (κ2) is 10.4. The van der Waals surface area contributed by atoms with Crippen molar-refractivity contribution in [2.75, 3.05) is 7.11 Å².